The molecule has 2 aromatic rings. The first-order chi connectivity index (χ1) is 11.1. The van der Waals surface area contributed by atoms with Gasteiger partial charge >= 0.3 is 6.03 Å². The summed E-state index contributed by atoms with van der Waals surface area (Å²) >= 11 is 0. The van der Waals surface area contributed by atoms with Gasteiger partial charge in [0, 0.05) is 5.69 Å². The molecule has 0 bridgehead atoms. The van der Waals surface area contributed by atoms with E-state index in [0.29, 0.717) is 11.3 Å². The number of hydrogen-bond acceptors (Lipinski definition) is 3. The van der Waals surface area contributed by atoms with Crippen LogP contribution in [0.3, 0.4) is 0 Å². The third kappa shape index (κ3) is 3.27. The highest BCUT2D eigenvalue weighted by atomic mass is 16.5. The summed E-state index contributed by atoms with van der Waals surface area (Å²) in [4.78, 5) is 12.2. The number of rotatable bonds is 4. The molecule has 1 fully saturated rings. The van der Waals surface area contributed by atoms with Crippen LogP contribution in [0, 0.1) is 11.3 Å². The third-order valence-electron chi connectivity index (χ3n) is 3.99. The molecule has 1 aliphatic carbocycles. The van der Waals surface area contributed by atoms with Crippen molar-refractivity contribution >= 4 is 11.7 Å². The van der Waals surface area contributed by atoms with Gasteiger partial charge in [0.15, 0.2) is 0 Å². The van der Waals surface area contributed by atoms with Crippen LogP contribution in [0.2, 0.25) is 0 Å². The Kier molecular flexibility index (Phi) is 3.90. The first-order valence-corrected chi connectivity index (χ1v) is 7.39. The Morgan fingerprint density at radius 1 is 1.22 bits per heavy atom. The van der Waals surface area contributed by atoms with E-state index in [0.717, 1.165) is 24.2 Å². The molecule has 2 amide bonds. The van der Waals surface area contributed by atoms with Crippen molar-refractivity contribution in [3.63, 3.8) is 0 Å². The number of ether oxygens (including phenoxy) is 1. The van der Waals surface area contributed by atoms with E-state index >= 15 is 0 Å². The summed E-state index contributed by atoms with van der Waals surface area (Å²) in [5.41, 5.74) is 1.88. The lowest BCUT2D eigenvalue weighted by Gasteiger charge is -2.19. The third-order valence-corrected chi connectivity index (χ3v) is 3.99. The van der Waals surface area contributed by atoms with Gasteiger partial charge in [-0.25, -0.2) is 4.79 Å². The molecule has 1 aliphatic rings. The number of hydrogen-bond donors (Lipinski definition) is 2. The largest absolute Gasteiger partial charge is 0.497 e. The van der Waals surface area contributed by atoms with Crippen LogP contribution < -0.4 is 15.4 Å². The van der Waals surface area contributed by atoms with E-state index in [2.05, 4.69) is 16.7 Å². The number of nitriles is 1. The quantitative estimate of drug-likeness (QED) is 0.909. The zero-order valence-corrected chi connectivity index (χ0v) is 12.8. The van der Waals surface area contributed by atoms with Gasteiger partial charge < -0.3 is 15.4 Å². The van der Waals surface area contributed by atoms with Crippen molar-refractivity contribution in [2.24, 2.45) is 0 Å². The van der Waals surface area contributed by atoms with Gasteiger partial charge in [0.2, 0.25) is 0 Å². The first-order valence-electron chi connectivity index (χ1n) is 7.39. The van der Waals surface area contributed by atoms with Crippen LogP contribution in [0.5, 0.6) is 5.75 Å². The van der Waals surface area contributed by atoms with Crippen LogP contribution in [-0.4, -0.2) is 13.1 Å². The van der Waals surface area contributed by atoms with E-state index < -0.39 is 0 Å². The second-order valence-corrected chi connectivity index (χ2v) is 5.58. The second kappa shape index (κ2) is 6.01. The summed E-state index contributed by atoms with van der Waals surface area (Å²) in [6, 6.07) is 16.4. The van der Waals surface area contributed by atoms with E-state index in [9.17, 15) is 4.79 Å². The number of amides is 2. The number of benzene rings is 2. The fourth-order valence-corrected chi connectivity index (χ4v) is 2.57. The smallest absolute Gasteiger partial charge is 0.319 e. The molecule has 23 heavy (non-hydrogen) atoms. The second-order valence-electron chi connectivity index (χ2n) is 5.58. The van der Waals surface area contributed by atoms with Crippen molar-refractivity contribution < 1.29 is 9.53 Å². The molecule has 2 N–H and O–H groups in total. The van der Waals surface area contributed by atoms with Crippen molar-refractivity contribution in [1.29, 1.82) is 5.26 Å². The molecular formula is C18H17N3O2. The maximum absolute atomic E-state index is 12.2. The van der Waals surface area contributed by atoms with E-state index in [1.54, 1.807) is 31.4 Å². The van der Waals surface area contributed by atoms with Gasteiger partial charge in [-0.05, 0) is 48.7 Å². The molecule has 2 aromatic carbocycles. The topological polar surface area (TPSA) is 74.2 Å². The maximum Gasteiger partial charge on any atom is 0.319 e. The minimum Gasteiger partial charge on any atom is -0.497 e. The minimum atomic E-state index is -0.302. The lowest BCUT2D eigenvalue weighted by atomic mass is 10.1. The lowest BCUT2D eigenvalue weighted by Crippen LogP contribution is -2.38. The summed E-state index contributed by atoms with van der Waals surface area (Å²) in [5, 5.41) is 14.7. The molecule has 0 atom stereocenters. The number of anilines is 1. The van der Waals surface area contributed by atoms with E-state index in [1.165, 1.54) is 0 Å². The molecule has 0 aromatic heterocycles. The van der Waals surface area contributed by atoms with Gasteiger partial charge in [-0.3, -0.25) is 0 Å². The zero-order chi connectivity index (χ0) is 16.3. The Bertz CT molecular complexity index is 759. The lowest BCUT2D eigenvalue weighted by molar-refractivity contribution is 0.247. The summed E-state index contributed by atoms with van der Waals surface area (Å²) < 4.78 is 5.16. The summed E-state index contributed by atoms with van der Waals surface area (Å²) in [5.74, 6) is 0.794. The summed E-state index contributed by atoms with van der Waals surface area (Å²) in [6.07, 6.45) is 1.82. The van der Waals surface area contributed by atoms with Crippen molar-refractivity contribution in [2.75, 3.05) is 12.4 Å². The standard InChI is InChI=1S/C18H17N3O2/c1-23-16-7-5-14(6-8-16)18(9-10-18)21-17(22)20-15-4-2-3-13(11-15)12-19/h2-8,11H,9-10H2,1H3,(H2,20,21,22). The molecule has 0 unspecified atom stereocenters. The van der Waals surface area contributed by atoms with Gasteiger partial charge in [-0.15, -0.1) is 0 Å². The van der Waals surface area contributed by atoms with Gasteiger partial charge in [0.25, 0.3) is 0 Å². The molecule has 0 radical (unpaired) electrons. The number of carbonyl (C=O) groups excluding carboxylic acids is 1. The van der Waals surface area contributed by atoms with Crippen molar-refractivity contribution in [3.05, 3.63) is 59.7 Å². The predicted molar refractivity (Wildman–Crippen MR) is 87.2 cm³/mol. The molecule has 116 valence electrons. The normalized spacial score (nSPS) is 14.4. The molecule has 0 aliphatic heterocycles. The highest BCUT2D eigenvalue weighted by molar-refractivity contribution is 5.90. The van der Waals surface area contributed by atoms with Gasteiger partial charge in [0.1, 0.15) is 5.75 Å². The fourth-order valence-electron chi connectivity index (χ4n) is 2.57. The van der Waals surface area contributed by atoms with E-state index in [-0.39, 0.29) is 11.6 Å². The van der Waals surface area contributed by atoms with Crippen molar-refractivity contribution in [3.8, 4) is 11.8 Å². The van der Waals surface area contributed by atoms with Gasteiger partial charge in [-0.1, -0.05) is 18.2 Å². The Morgan fingerprint density at radius 3 is 2.57 bits per heavy atom. The number of carbonyl (C=O) groups is 1. The van der Waals surface area contributed by atoms with Crippen LogP contribution >= 0.6 is 0 Å². The molecular weight excluding hydrogens is 290 g/mol. The summed E-state index contributed by atoms with van der Waals surface area (Å²) in [7, 11) is 1.63. The fraction of sp³-hybridized carbons (Fsp3) is 0.222. The van der Waals surface area contributed by atoms with Crippen LogP contribution in [0.1, 0.15) is 24.0 Å². The van der Waals surface area contributed by atoms with Crippen LogP contribution in [0.15, 0.2) is 48.5 Å². The first kappa shape index (κ1) is 14.9. The van der Waals surface area contributed by atoms with Crippen molar-refractivity contribution in [1.82, 2.24) is 5.32 Å². The minimum absolute atomic E-state index is 0.270. The van der Waals surface area contributed by atoms with E-state index in [4.69, 9.17) is 10.00 Å². The highest BCUT2D eigenvalue weighted by Crippen LogP contribution is 2.45. The predicted octanol–water partition coefficient (Wildman–Crippen LogP) is 3.38. The molecule has 0 heterocycles. The number of nitrogens with one attached hydrogen (secondary N) is 2. The molecule has 3 rings (SSSR count). The Hall–Kier alpha value is -3.00. The van der Waals surface area contributed by atoms with Crippen LogP contribution in [0.4, 0.5) is 10.5 Å². The molecule has 0 saturated heterocycles. The molecule has 0 spiro atoms. The highest BCUT2D eigenvalue weighted by Gasteiger charge is 2.45. The number of methoxy groups -OCH3 is 1. The average molecular weight is 307 g/mol. The monoisotopic (exact) mass is 307 g/mol. The van der Waals surface area contributed by atoms with Crippen LogP contribution in [-0.2, 0) is 5.54 Å². The Labute approximate surface area is 134 Å². The van der Waals surface area contributed by atoms with Gasteiger partial charge in [-0.2, -0.15) is 5.26 Å². The number of nitrogens with zero attached hydrogens (tertiary/aromatic N) is 1. The summed E-state index contributed by atoms with van der Waals surface area (Å²) in [6.45, 7) is 0. The maximum atomic E-state index is 12.2. The number of urea groups is 1. The SMILES string of the molecule is COc1ccc(C2(NC(=O)Nc3cccc(C#N)c3)CC2)cc1. The zero-order valence-electron chi connectivity index (χ0n) is 12.8. The van der Waals surface area contributed by atoms with E-state index in [1.807, 2.05) is 24.3 Å². The Balaban J connectivity index is 1.68. The average Bonchev–Trinajstić information content (AvgIpc) is 3.35. The molecule has 5 nitrogen and oxygen atoms in total. The molecule has 5 heteroatoms. The van der Waals surface area contributed by atoms with Gasteiger partial charge in [0.05, 0.1) is 24.3 Å². The van der Waals surface area contributed by atoms with Crippen molar-refractivity contribution in [2.45, 2.75) is 18.4 Å². The Morgan fingerprint density at radius 2 is 1.96 bits per heavy atom. The molecule has 1 saturated carbocycles. The van der Waals surface area contributed by atoms with Crippen LogP contribution in [0.25, 0.3) is 0 Å².